The molecule has 3 N–H and O–H groups in total. The number of nitrogens with zero attached hydrogens (tertiary/aromatic N) is 4. The van der Waals surface area contributed by atoms with E-state index in [-0.39, 0.29) is 22.6 Å². The second-order valence-electron chi connectivity index (χ2n) is 9.46. The average molecular weight is 491 g/mol. The lowest BCUT2D eigenvalue weighted by atomic mass is 10.0. The number of rotatable bonds is 4. The van der Waals surface area contributed by atoms with Crippen LogP contribution in [0, 0.1) is 18.7 Å². The minimum Gasteiger partial charge on any atom is -0.382 e. The fraction of sp³-hybridized carbons (Fsp3) is 0.296. The van der Waals surface area contributed by atoms with E-state index in [1.165, 1.54) is 6.07 Å². The fourth-order valence-electron chi connectivity index (χ4n) is 4.78. The van der Waals surface area contributed by atoms with E-state index in [0.717, 1.165) is 31.9 Å². The van der Waals surface area contributed by atoms with Crippen molar-refractivity contribution in [3.05, 3.63) is 70.3 Å². The summed E-state index contributed by atoms with van der Waals surface area (Å²) in [6, 6.07) is 12.5. The minimum atomic E-state index is -0.803. The highest BCUT2D eigenvalue weighted by Crippen LogP contribution is 2.31. The molecule has 1 aliphatic heterocycles. The summed E-state index contributed by atoms with van der Waals surface area (Å²) in [6.07, 6.45) is 0. The molecule has 0 amide bonds. The largest absolute Gasteiger partial charge is 0.382 e. The van der Waals surface area contributed by atoms with Gasteiger partial charge in [0.2, 0.25) is 5.95 Å². The van der Waals surface area contributed by atoms with Gasteiger partial charge in [-0.1, -0.05) is 12.1 Å². The number of halogens is 2. The van der Waals surface area contributed by atoms with Gasteiger partial charge in [-0.3, -0.25) is 9.69 Å². The van der Waals surface area contributed by atoms with Crippen LogP contribution in [-0.4, -0.2) is 52.1 Å². The molecule has 2 aromatic carbocycles. The zero-order valence-electron chi connectivity index (χ0n) is 20.5. The monoisotopic (exact) mass is 490 g/mol. The number of benzene rings is 2. The highest BCUT2D eigenvalue weighted by atomic mass is 19.1. The van der Waals surface area contributed by atoms with Gasteiger partial charge in [0.05, 0.1) is 5.39 Å². The maximum Gasteiger partial charge on any atom is 0.258 e. The number of nitrogens with two attached hydrogens (primary N) is 1. The summed E-state index contributed by atoms with van der Waals surface area (Å²) >= 11 is 0. The topological polar surface area (TPSA) is 91.1 Å². The molecule has 36 heavy (non-hydrogen) atoms. The molecule has 1 saturated heterocycles. The van der Waals surface area contributed by atoms with Crippen LogP contribution in [-0.2, 0) is 0 Å². The Balaban J connectivity index is 1.49. The molecule has 0 bridgehead atoms. The number of H-pyrrole nitrogens is 1. The molecule has 3 heterocycles. The van der Waals surface area contributed by atoms with Crippen LogP contribution in [0.3, 0.4) is 0 Å². The Labute approximate surface area is 207 Å². The van der Waals surface area contributed by atoms with Crippen LogP contribution in [0.2, 0.25) is 0 Å². The molecule has 0 unspecified atom stereocenters. The van der Waals surface area contributed by atoms with Crippen molar-refractivity contribution >= 4 is 22.3 Å². The van der Waals surface area contributed by atoms with Gasteiger partial charge < -0.3 is 15.6 Å². The van der Waals surface area contributed by atoms with E-state index in [2.05, 4.69) is 38.6 Å². The number of aromatic amines is 1. The van der Waals surface area contributed by atoms with Crippen LogP contribution in [0.25, 0.3) is 33.3 Å². The number of piperazine rings is 1. The average Bonchev–Trinajstić information content (AvgIpc) is 2.83. The van der Waals surface area contributed by atoms with Crippen LogP contribution in [0.15, 0.2) is 47.3 Å². The number of nitrogen functional groups attached to an aromatic ring is 1. The van der Waals surface area contributed by atoms with Crippen molar-refractivity contribution in [2.75, 3.05) is 36.8 Å². The lowest BCUT2D eigenvalue weighted by Crippen LogP contribution is -2.48. The van der Waals surface area contributed by atoms with E-state index >= 15 is 0 Å². The zero-order chi connectivity index (χ0) is 25.6. The number of aryl methyl sites for hydroxylation is 1. The van der Waals surface area contributed by atoms with Crippen LogP contribution in [0.1, 0.15) is 19.5 Å². The second-order valence-corrected chi connectivity index (χ2v) is 9.46. The van der Waals surface area contributed by atoms with Crippen molar-refractivity contribution < 1.29 is 8.78 Å². The van der Waals surface area contributed by atoms with E-state index in [0.29, 0.717) is 28.2 Å². The van der Waals surface area contributed by atoms with E-state index in [4.69, 9.17) is 5.73 Å². The molecular formula is C27H28F2N6O. The van der Waals surface area contributed by atoms with Crippen molar-refractivity contribution in [3.63, 3.8) is 0 Å². The van der Waals surface area contributed by atoms with Gasteiger partial charge in [0.15, 0.2) is 5.82 Å². The van der Waals surface area contributed by atoms with Crippen molar-refractivity contribution in [2.45, 2.75) is 26.8 Å². The summed E-state index contributed by atoms with van der Waals surface area (Å²) in [4.78, 5) is 27.8. The lowest BCUT2D eigenvalue weighted by molar-refractivity contribution is 0.209. The maximum absolute atomic E-state index is 14.9. The predicted molar refractivity (Wildman–Crippen MR) is 139 cm³/mol. The summed E-state index contributed by atoms with van der Waals surface area (Å²) in [5.41, 5.74) is 8.16. The fourth-order valence-corrected chi connectivity index (χ4v) is 4.78. The van der Waals surface area contributed by atoms with Gasteiger partial charge >= 0.3 is 0 Å². The van der Waals surface area contributed by atoms with Gasteiger partial charge in [0.25, 0.3) is 5.56 Å². The number of anilines is 2. The number of aromatic nitrogens is 3. The molecule has 0 spiro atoms. The smallest absolute Gasteiger partial charge is 0.258 e. The number of nitrogens with one attached hydrogen (secondary N) is 1. The Morgan fingerprint density at radius 1 is 0.944 bits per heavy atom. The highest BCUT2D eigenvalue weighted by Gasteiger charge is 2.20. The van der Waals surface area contributed by atoms with Gasteiger partial charge in [-0.15, -0.1) is 0 Å². The Hall–Kier alpha value is -3.85. The third-order valence-corrected chi connectivity index (χ3v) is 6.73. The number of pyridine rings is 1. The Kier molecular flexibility index (Phi) is 6.17. The number of hydrogen-bond donors (Lipinski definition) is 2. The summed E-state index contributed by atoms with van der Waals surface area (Å²) in [5.74, 6) is -1.67. The molecule has 9 heteroatoms. The van der Waals surface area contributed by atoms with Gasteiger partial charge in [-0.2, -0.15) is 9.37 Å². The number of hydrogen-bond acceptors (Lipinski definition) is 6. The van der Waals surface area contributed by atoms with Crippen LogP contribution < -0.4 is 16.2 Å². The summed E-state index contributed by atoms with van der Waals surface area (Å²) in [6.45, 7) is 9.95. The molecule has 1 aliphatic rings. The van der Waals surface area contributed by atoms with Gasteiger partial charge in [0.1, 0.15) is 17.2 Å². The van der Waals surface area contributed by atoms with E-state index in [9.17, 15) is 13.6 Å². The zero-order valence-corrected chi connectivity index (χ0v) is 20.5. The molecule has 2 aromatic heterocycles. The van der Waals surface area contributed by atoms with E-state index < -0.39 is 17.3 Å². The first kappa shape index (κ1) is 23.9. The standard InChI is InChI=1S/C27H28F2N6O/c1-15(2)34-8-10-35(11-9-34)20-6-4-17(5-7-20)23-25(29)33-26(30)24(32-23)19-13-18-12-16(3)31-27(36)22(18)21(28)14-19/h4-7,12-15H,8-11H2,1-3H3,(H2,30,33)(H,31,36). The first-order valence-corrected chi connectivity index (χ1v) is 12.0. The molecular weight excluding hydrogens is 462 g/mol. The molecule has 1 fully saturated rings. The summed E-state index contributed by atoms with van der Waals surface area (Å²) in [5, 5.41) is 0.350. The Morgan fingerprint density at radius 2 is 1.64 bits per heavy atom. The normalized spacial score (nSPS) is 14.7. The second kappa shape index (κ2) is 9.31. The molecule has 0 radical (unpaired) electrons. The Bertz CT molecular complexity index is 1490. The molecule has 4 aromatic rings. The molecule has 7 nitrogen and oxygen atoms in total. The van der Waals surface area contributed by atoms with Crippen LogP contribution in [0.4, 0.5) is 20.3 Å². The van der Waals surface area contributed by atoms with E-state index in [1.54, 1.807) is 31.2 Å². The predicted octanol–water partition coefficient (Wildman–Crippen LogP) is 4.35. The van der Waals surface area contributed by atoms with Crippen LogP contribution in [0.5, 0.6) is 0 Å². The molecule has 5 rings (SSSR count). The summed E-state index contributed by atoms with van der Waals surface area (Å²) in [7, 11) is 0. The third kappa shape index (κ3) is 4.42. The first-order chi connectivity index (χ1) is 17.2. The van der Waals surface area contributed by atoms with Crippen molar-refractivity contribution in [3.8, 4) is 22.5 Å². The molecule has 186 valence electrons. The van der Waals surface area contributed by atoms with E-state index in [1.807, 2.05) is 12.1 Å². The van der Waals surface area contributed by atoms with Gasteiger partial charge in [-0.25, -0.2) is 9.37 Å². The quantitative estimate of drug-likeness (QED) is 0.442. The minimum absolute atomic E-state index is 0.0259. The molecule has 0 aliphatic carbocycles. The molecule has 0 saturated carbocycles. The summed E-state index contributed by atoms with van der Waals surface area (Å²) < 4.78 is 29.7. The third-order valence-electron chi connectivity index (χ3n) is 6.73. The van der Waals surface area contributed by atoms with Gasteiger partial charge in [-0.05, 0) is 56.5 Å². The highest BCUT2D eigenvalue weighted by molar-refractivity contribution is 5.88. The first-order valence-electron chi connectivity index (χ1n) is 12.0. The lowest BCUT2D eigenvalue weighted by Gasteiger charge is -2.38. The van der Waals surface area contributed by atoms with Crippen molar-refractivity contribution in [1.82, 2.24) is 19.9 Å². The Morgan fingerprint density at radius 3 is 2.31 bits per heavy atom. The van der Waals surface area contributed by atoms with Crippen molar-refractivity contribution in [2.24, 2.45) is 0 Å². The van der Waals surface area contributed by atoms with Crippen molar-refractivity contribution in [1.29, 1.82) is 0 Å². The molecule has 0 atom stereocenters. The maximum atomic E-state index is 14.9. The van der Waals surface area contributed by atoms with Gasteiger partial charge in [0, 0.05) is 54.7 Å². The number of fused-ring (bicyclic) bond motifs is 1. The van der Waals surface area contributed by atoms with Crippen LogP contribution >= 0.6 is 0 Å². The SMILES string of the molecule is Cc1cc2cc(-c3nc(-c4ccc(N5CCN(C(C)C)CC5)cc4)c(F)nc3N)cc(F)c2c(=O)[nH]1.